The number of methoxy groups -OCH3 is 1. The summed E-state index contributed by atoms with van der Waals surface area (Å²) in [5.41, 5.74) is 2.03. The van der Waals surface area contributed by atoms with Crippen molar-refractivity contribution in [3.63, 3.8) is 0 Å². The molecule has 2 rings (SSSR count). The second-order valence-electron chi connectivity index (χ2n) is 5.14. The molecule has 0 fully saturated rings. The number of aryl methyl sites for hydroxylation is 1. The molecule has 0 amide bonds. The van der Waals surface area contributed by atoms with Crippen molar-refractivity contribution >= 4 is 11.3 Å². The van der Waals surface area contributed by atoms with Gasteiger partial charge in [0.2, 0.25) is 0 Å². The third-order valence-corrected chi connectivity index (χ3v) is 4.11. The van der Waals surface area contributed by atoms with Crippen molar-refractivity contribution in [2.24, 2.45) is 0 Å². The summed E-state index contributed by atoms with van der Waals surface area (Å²) in [6, 6.07) is -0.0189. The summed E-state index contributed by atoms with van der Waals surface area (Å²) in [7, 11) is 7.72. The molecule has 116 valence electrons. The molecule has 1 atom stereocenters. The van der Waals surface area contributed by atoms with Gasteiger partial charge < -0.3 is 15.0 Å². The Kier molecular flexibility index (Phi) is 5.33. The monoisotopic (exact) mass is 309 g/mol. The van der Waals surface area contributed by atoms with E-state index in [0.717, 1.165) is 35.2 Å². The second kappa shape index (κ2) is 7.02. The number of rotatable bonds is 7. The highest BCUT2D eigenvalue weighted by molar-refractivity contribution is 7.09. The van der Waals surface area contributed by atoms with Crippen LogP contribution in [0, 0.1) is 6.92 Å². The quantitative estimate of drug-likeness (QED) is 0.840. The molecule has 0 aliphatic rings. The van der Waals surface area contributed by atoms with Gasteiger partial charge in [0.25, 0.3) is 0 Å². The molecule has 0 aromatic carbocycles. The fourth-order valence-corrected chi connectivity index (χ4v) is 2.87. The fraction of sp³-hybridized carbons (Fsp3) is 0.571. The normalized spacial score (nSPS) is 12.9. The Morgan fingerprint density at radius 3 is 2.76 bits per heavy atom. The van der Waals surface area contributed by atoms with Crippen LogP contribution in [0.4, 0.5) is 0 Å². The Morgan fingerprint density at radius 1 is 1.48 bits per heavy atom. The first kappa shape index (κ1) is 15.9. The van der Waals surface area contributed by atoms with Gasteiger partial charge in [0.15, 0.2) is 5.75 Å². The number of thiazole rings is 1. The highest BCUT2D eigenvalue weighted by Crippen LogP contribution is 2.30. The van der Waals surface area contributed by atoms with Gasteiger partial charge in [-0.15, -0.1) is 11.3 Å². The van der Waals surface area contributed by atoms with Crippen molar-refractivity contribution in [2.45, 2.75) is 19.5 Å². The van der Waals surface area contributed by atoms with Gasteiger partial charge in [-0.2, -0.15) is 5.10 Å². The lowest BCUT2D eigenvalue weighted by atomic mass is 10.1. The molecule has 0 saturated heterocycles. The molecule has 0 spiro atoms. The first-order valence-corrected chi connectivity index (χ1v) is 7.78. The summed E-state index contributed by atoms with van der Waals surface area (Å²) in [5, 5.41) is 10.9. The minimum atomic E-state index is -0.0189. The van der Waals surface area contributed by atoms with Crippen LogP contribution in [0.2, 0.25) is 0 Å². The molecule has 2 aromatic rings. The van der Waals surface area contributed by atoms with Crippen LogP contribution in [0.1, 0.15) is 22.4 Å². The van der Waals surface area contributed by atoms with Crippen molar-refractivity contribution in [3.8, 4) is 5.75 Å². The van der Waals surface area contributed by atoms with E-state index in [4.69, 9.17) is 4.74 Å². The zero-order valence-electron chi connectivity index (χ0n) is 13.3. The van der Waals surface area contributed by atoms with Gasteiger partial charge in [0.05, 0.1) is 36.6 Å². The van der Waals surface area contributed by atoms with E-state index in [2.05, 4.69) is 39.8 Å². The van der Waals surface area contributed by atoms with E-state index in [1.54, 1.807) is 24.6 Å². The van der Waals surface area contributed by atoms with Crippen LogP contribution in [-0.2, 0) is 6.54 Å². The molecule has 1 N–H and O–H groups in total. The van der Waals surface area contributed by atoms with Crippen LogP contribution in [0.15, 0.2) is 11.6 Å². The van der Waals surface area contributed by atoms with Gasteiger partial charge in [-0.1, -0.05) is 0 Å². The van der Waals surface area contributed by atoms with Gasteiger partial charge >= 0.3 is 0 Å². The lowest BCUT2D eigenvalue weighted by Crippen LogP contribution is -2.25. The molecule has 7 heteroatoms. The van der Waals surface area contributed by atoms with Crippen LogP contribution in [0.25, 0.3) is 0 Å². The van der Waals surface area contributed by atoms with Gasteiger partial charge in [-0.3, -0.25) is 4.68 Å². The van der Waals surface area contributed by atoms with Gasteiger partial charge in [-0.25, -0.2) is 4.98 Å². The average molecular weight is 309 g/mol. The fourth-order valence-electron chi connectivity index (χ4n) is 2.24. The predicted molar refractivity (Wildman–Crippen MR) is 85.1 cm³/mol. The minimum absolute atomic E-state index is 0.0189. The summed E-state index contributed by atoms with van der Waals surface area (Å²) in [6.45, 7) is 3.75. The molecule has 1 unspecified atom stereocenters. The lowest BCUT2D eigenvalue weighted by molar-refractivity contribution is 0.360. The standard InChI is InChI=1S/C14H23N5OS/c1-10-17-11(9-21-10)13(15-2)14-12(20-5)8-16-19(14)7-6-18(3)4/h8-9,13,15H,6-7H2,1-5H3. The Balaban J connectivity index is 2.36. The third-order valence-electron chi connectivity index (χ3n) is 3.32. The maximum atomic E-state index is 5.48. The highest BCUT2D eigenvalue weighted by Gasteiger charge is 2.24. The third kappa shape index (κ3) is 3.61. The molecule has 0 aliphatic carbocycles. The summed E-state index contributed by atoms with van der Waals surface area (Å²) in [6.07, 6.45) is 1.77. The Bertz CT molecular complexity index is 578. The van der Waals surface area contributed by atoms with Crippen LogP contribution >= 0.6 is 11.3 Å². The van der Waals surface area contributed by atoms with Crippen LogP contribution in [0.3, 0.4) is 0 Å². The van der Waals surface area contributed by atoms with Crippen LogP contribution < -0.4 is 10.1 Å². The van der Waals surface area contributed by atoms with Gasteiger partial charge in [0, 0.05) is 11.9 Å². The molecule has 2 heterocycles. The minimum Gasteiger partial charge on any atom is -0.493 e. The van der Waals surface area contributed by atoms with Crippen molar-refractivity contribution in [2.75, 3.05) is 34.8 Å². The Morgan fingerprint density at radius 2 is 2.24 bits per heavy atom. The smallest absolute Gasteiger partial charge is 0.161 e. The first-order chi connectivity index (χ1) is 10.1. The van der Waals surface area contributed by atoms with Crippen molar-refractivity contribution < 1.29 is 4.74 Å². The van der Waals surface area contributed by atoms with E-state index < -0.39 is 0 Å². The van der Waals surface area contributed by atoms with Crippen molar-refractivity contribution in [3.05, 3.63) is 28.0 Å². The lowest BCUT2D eigenvalue weighted by Gasteiger charge is -2.19. The Labute approximate surface area is 129 Å². The van der Waals surface area contributed by atoms with Crippen molar-refractivity contribution in [1.82, 2.24) is 25.0 Å². The molecule has 21 heavy (non-hydrogen) atoms. The molecular formula is C14H23N5OS. The van der Waals surface area contributed by atoms with E-state index in [-0.39, 0.29) is 6.04 Å². The van der Waals surface area contributed by atoms with E-state index in [1.165, 1.54) is 0 Å². The van der Waals surface area contributed by atoms with Gasteiger partial charge in [0.1, 0.15) is 5.69 Å². The zero-order chi connectivity index (χ0) is 15.4. The number of nitrogens with one attached hydrogen (secondary N) is 1. The van der Waals surface area contributed by atoms with Crippen LogP contribution in [0.5, 0.6) is 5.75 Å². The molecular weight excluding hydrogens is 286 g/mol. The molecule has 2 aromatic heterocycles. The molecule has 0 aliphatic heterocycles. The number of hydrogen-bond acceptors (Lipinski definition) is 6. The topological polar surface area (TPSA) is 55.2 Å². The summed E-state index contributed by atoms with van der Waals surface area (Å²) >= 11 is 1.65. The number of likely N-dealkylation sites (N-methyl/N-ethyl adjacent to an activating group) is 1. The molecule has 0 saturated carbocycles. The maximum absolute atomic E-state index is 5.48. The molecule has 0 bridgehead atoms. The van der Waals surface area contributed by atoms with Crippen LogP contribution in [-0.4, -0.2) is 54.5 Å². The van der Waals surface area contributed by atoms with E-state index in [0.29, 0.717) is 0 Å². The van der Waals surface area contributed by atoms with E-state index in [9.17, 15) is 0 Å². The second-order valence-corrected chi connectivity index (χ2v) is 6.20. The number of hydrogen-bond donors (Lipinski definition) is 1. The van der Waals surface area contributed by atoms with E-state index >= 15 is 0 Å². The summed E-state index contributed by atoms with van der Waals surface area (Å²) in [4.78, 5) is 6.74. The first-order valence-electron chi connectivity index (χ1n) is 6.90. The number of ether oxygens (including phenoxy) is 1. The maximum Gasteiger partial charge on any atom is 0.161 e. The molecule has 6 nitrogen and oxygen atoms in total. The number of nitrogens with zero attached hydrogens (tertiary/aromatic N) is 4. The largest absolute Gasteiger partial charge is 0.493 e. The zero-order valence-corrected chi connectivity index (χ0v) is 14.1. The average Bonchev–Trinajstić information content (AvgIpc) is 3.05. The summed E-state index contributed by atoms with van der Waals surface area (Å²) in [5.74, 6) is 0.791. The van der Waals surface area contributed by atoms with E-state index in [1.807, 2.05) is 18.7 Å². The Hall–Kier alpha value is -1.44. The SMILES string of the molecule is CNC(c1csc(C)n1)c1c(OC)cnn1CCN(C)C. The predicted octanol–water partition coefficient (Wildman–Crippen LogP) is 1.53. The van der Waals surface area contributed by atoms with Crippen molar-refractivity contribution in [1.29, 1.82) is 0 Å². The number of aromatic nitrogens is 3. The van der Waals surface area contributed by atoms with Gasteiger partial charge in [-0.05, 0) is 28.1 Å². The highest BCUT2D eigenvalue weighted by atomic mass is 32.1. The molecule has 0 radical (unpaired) electrons. The summed E-state index contributed by atoms with van der Waals surface area (Å²) < 4.78 is 7.48.